The van der Waals surface area contributed by atoms with Crippen LogP contribution < -0.4 is 21.7 Å². The van der Waals surface area contributed by atoms with Crippen molar-refractivity contribution in [1.29, 1.82) is 0 Å². The average molecular weight is 508 g/mol. The van der Waals surface area contributed by atoms with Gasteiger partial charge in [-0.15, -0.1) is 0 Å². The summed E-state index contributed by atoms with van der Waals surface area (Å²) in [6.07, 6.45) is -0.198. The van der Waals surface area contributed by atoms with Crippen LogP contribution in [-0.4, -0.2) is 36.0 Å². The molecule has 3 aromatic rings. The van der Waals surface area contributed by atoms with Gasteiger partial charge >= 0.3 is 14.0 Å². The molecular formula is C26H29N3O6Si. The Labute approximate surface area is 209 Å². The lowest BCUT2D eigenvalue weighted by atomic mass is 10.1. The number of nitrogen functional groups attached to an aromatic ring is 1. The van der Waals surface area contributed by atoms with Crippen LogP contribution in [-0.2, 0) is 9.16 Å². The minimum Gasteiger partial charge on any atom is -0.535 e. The van der Waals surface area contributed by atoms with Crippen molar-refractivity contribution >= 4 is 30.2 Å². The second kappa shape index (κ2) is 9.73. The van der Waals surface area contributed by atoms with Crippen molar-refractivity contribution in [2.24, 2.45) is 0 Å². The molecule has 1 aromatic heterocycles. The van der Waals surface area contributed by atoms with Gasteiger partial charge < -0.3 is 25.0 Å². The third-order valence-corrected chi connectivity index (χ3v) is 11.3. The molecule has 9 nitrogen and oxygen atoms in total. The number of pyridine rings is 1. The Balaban J connectivity index is 1.87. The molecule has 2 aromatic carbocycles. The number of nitrogens with two attached hydrogens (primary N) is 1. The lowest BCUT2D eigenvalue weighted by Crippen LogP contribution is -2.66. The van der Waals surface area contributed by atoms with Gasteiger partial charge in [0.1, 0.15) is 18.0 Å². The molecule has 36 heavy (non-hydrogen) atoms. The number of anilines is 1. The number of nitrogens with zero attached hydrogens (tertiary/aromatic N) is 1. The fourth-order valence-electron chi connectivity index (χ4n) is 4.67. The molecule has 4 N–H and O–H groups in total. The molecule has 2 heterocycles. The minimum atomic E-state index is -3.03. The number of aromatic nitrogens is 1. The maximum atomic E-state index is 12.6. The van der Waals surface area contributed by atoms with E-state index in [1.807, 2.05) is 60.7 Å². The molecule has 0 bridgehead atoms. The molecule has 0 aliphatic carbocycles. The van der Waals surface area contributed by atoms with Crippen LogP contribution in [0.4, 0.5) is 11.5 Å². The number of hydrogen-bond acceptors (Lipinski definition) is 7. The summed E-state index contributed by atoms with van der Waals surface area (Å²) in [4.78, 5) is 25.7. The van der Waals surface area contributed by atoms with E-state index in [1.54, 1.807) is 6.08 Å². The fraction of sp³-hybridized carbons (Fsp3) is 0.269. The number of ether oxygens (including phenoxy) is 1. The van der Waals surface area contributed by atoms with Crippen LogP contribution in [0, 0.1) is 10.1 Å². The normalized spacial score (nSPS) is 18.1. The zero-order chi connectivity index (χ0) is 26.1. The molecule has 10 heteroatoms. The van der Waals surface area contributed by atoms with Crippen molar-refractivity contribution in [1.82, 2.24) is 4.98 Å². The highest BCUT2D eigenvalue weighted by molar-refractivity contribution is 6.99. The van der Waals surface area contributed by atoms with E-state index < -0.39 is 43.3 Å². The van der Waals surface area contributed by atoms with E-state index in [0.717, 1.165) is 16.4 Å². The van der Waals surface area contributed by atoms with Crippen LogP contribution in [0.1, 0.15) is 32.4 Å². The van der Waals surface area contributed by atoms with Crippen LogP contribution in [0.5, 0.6) is 0 Å². The van der Waals surface area contributed by atoms with E-state index in [4.69, 9.17) is 14.9 Å². The third kappa shape index (κ3) is 4.46. The molecule has 1 aliphatic heterocycles. The van der Waals surface area contributed by atoms with E-state index in [2.05, 4.69) is 25.8 Å². The van der Waals surface area contributed by atoms with Gasteiger partial charge in [-0.05, 0) is 21.5 Å². The lowest BCUT2D eigenvalue weighted by molar-refractivity contribution is -0.384. The first-order valence-electron chi connectivity index (χ1n) is 11.5. The zero-order valence-corrected chi connectivity index (χ0v) is 21.3. The van der Waals surface area contributed by atoms with E-state index in [-0.39, 0.29) is 16.4 Å². The van der Waals surface area contributed by atoms with Crippen LogP contribution in [0.3, 0.4) is 0 Å². The third-order valence-electron chi connectivity index (χ3n) is 6.38. The first kappa shape index (κ1) is 25.4. The number of nitrogens with one attached hydrogen (secondary N) is 1. The topological polar surface area (TPSA) is 141 Å². The first-order chi connectivity index (χ1) is 17.1. The number of rotatable bonds is 7. The monoisotopic (exact) mass is 507 g/mol. The summed E-state index contributed by atoms with van der Waals surface area (Å²) in [5, 5.41) is 23.3. The number of H-pyrrole nitrogens is 1. The van der Waals surface area contributed by atoms with Crippen molar-refractivity contribution < 1.29 is 19.2 Å². The minimum absolute atomic E-state index is 0.00963. The Hall–Kier alpha value is -3.73. The maximum absolute atomic E-state index is 12.6. The maximum Gasteiger partial charge on any atom is 0.319 e. The van der Waals surface area contributed by atoms with Crippen molar-refractivity contribution in [2.75, 3.05) is 12.3 Å². The van der Waals surface area contributed by atoms with Gasteiger partial charge in [-0.1, -0.05) is 81.4 Å². The molecule has 0 unspecified atom stereocenters. The Morgan fingerprint density at radius 1 is 1.11 bits per heavy atom. The second-order valence-electron chi connectivity index (χ2n) is 9.67. The summed E-state index contributed by atoms with van der Waals surface area (Å²) in [5.74, 6) is 0.0499. The van der Waals surface area contributed by atoms with Gasteiger partial charge in [0.2, 0.25) is 0 Å². The summed E-state index contributed by atoms with van der Waals surface area (Å²) in [6.45, 7) is 5.97. The van der Waals surface area contributed by atoms with Gasteiger partial charge in [-0.2, -0.15) is 0 Å². The molecule has 0 radical (unpaired) electrons. The smallest absolute Gasteiger partial charge is 0.319 e. The van der Waals surface area contributed by atoms with Gasteiger partial charge in [0.05, 0.1) is 17.1 Å². The molecule has 188 valence electrons. The molecule has 2 atom stereocenters. The Kier molecular flexibility index (Phi) is 6.85. The molecular weight excluding hydrogens is 478 g/mol. The Bertz CT molecular complexity index is 1300. The van der Waals surface area contributed by atoms with Crippen molar-refractivity contribution in [3.63, 3.8) is 0 Å². The van der Waals surface area contributed by atoms with E-state index >= 15 is 0 Å². The Morgan fingerprint density at radius 2 is 1.67 bits per heavy atom. The molecule has 0 amide bonds. The highest BCUT2D eigenvalue weighted by Gasteiger charge is 2.53. The van der Waals surface area contributed by atoms with Crippen molar-refractivity contribution in [3.8, 4) is 0 Å². The van der Waals surface area contributed by atoms with Gasteiger partial charge in [0, 0.05) is 6.07 Å². The van der Waals surface area contributed by atoms with Crippen LogP contribution >= 0.6 is 0 Å². The lowest BCUT2D eigenvalue weighted by Gasteiger charge is -2.43. The highest BCUT2D eigenvalue weighted by Crippen LogP contribution is 2.41. The fourth-order valence-corrected chi connectivity index (χ4v) is 9.16. The van der Waals surface area contributed by atoms with Crippen LogP contribution in [0.25, 0.3) is 0 Å². The Morgan fingerprint density at radius 3 is 2.14 bits per heavy atom. The number of nitro groups is 1. The van der Waals surface area contributed by atoms with E-state index in [1.165, 1.54) is 0 Å². The standard InChI is InChI=1S/C26H29N3O6Si/c1-26(2,3)36(17-10-6-4-7-11-17,18-12-8-5-9-13-18)35-22-15-21(34-23(22)16-30)19-14-20(29(32)33)24(27)28-25(19)31/h4-15,21,23,30H,16H2,1-3H3,(H3,27,28,31)/t21-,23-/m1/s1. The molecule has 1 aliphatic rings. The predicted molar refractivity (Wildman–Crippen MR) is 140 cm³/mol. The molecule has 0 fully saturated rings. The highest BCUT2D eigenvalue weighted by atomic mass is 28.4. The first-order valence-corrected chi connectivity index (χ1v) is 13.4. The summed E-state index contributed by atoms with van der Waals surface area (Å²) >= 11 is 0. The van der Waals surface area contributed by atoms with Crippen LogP contribution in [0.2, 0.25) is 5.04 Å². The predicted octanol–water partition coefficient (Wildman–Crippen LogP) is 2.76. The van der Waals surface area contributed by atoms with Crippen LogP contribution in [0.15, 0.2) is 83.4 Å². The largest absolute Gasteiger partial charge is 0.535 e. The summed E-state index contributed by atoms with van der Waals surface area (Å²) < 4.78 is 12.9. The quantitative estimate of drug-likeness (QED) is 0.254. The number of aliphatic hydroxyl groups excluding tert-OH is 1. The van der Waals surface area contributed by atoms with E-state index in [0.29, 0.717) is 5.76 Å². The number of benzene rings is 2. The number of hydrogen-bond donors (Lipinski definition) is 3. The molecule has 4 rings (SSSR count). The van der Waals surface area contributed by atoms with Crippen molar-refractivity contribution in [2.45, 2.75) is 38.0 Å². The SMILES string of the molecule is CC(C)(C)[Si](OC1=C[C@H](c2cc([N+](=O)[O-])c(N)[nH]c2=O)O[C@@H]1CO)(c1ccccc1)c1ccccc1. The summed E-state index contributed by atoms with van der Waals surface area (Å²) in [7, 11) is -3.03. The summed E-state index contributed by atoms with van der Waals surface area (Å²) in [6, 6.07) is 21.0. The van der Waals surface area contributed by atoms with E-state index in [9.17, 15) is 20.0 Å². The number of aliphatic hydroxyl groups is 1. The van der Waals surface area contributed by atoms with Gasteiger partial charge in [-0.3, -0.25) is 14.9 Å². The number of aromatic amines is 1. The van der Waals surface area contributed by atoms with Crippen molar-refractivity contribution in [3.05, 3.63) is 105 Å². The van der Waals surface area contributed by atoms with Gasteiger partial charge in [-0.25, -0.2) is 0 Å². The molecule has 0 saturated heterocycles. The van der Waals surface area contributed by atoms with Gasteiger partial charge in [0.25, 0.3) is 5.56 Å². The second-order valence-corrected chi connectivity index (χ2v) is 13.9. The molecule has 0 spiro atoms. The average Bonchev–Trinajstić information content (AvgIpc) is 3.25. The van der Waals surface area contributed by atoms with Gasteiger partial charge in [0.15, 0.2) is 5.82 Å². The molecule has 0 saturated carbocycles. The summed E-state index contributed by atoms with van der Waals surface area (Å²) in [5.41, 5.74) is 4.59. The zero-order valence-electron chi connectivity index (χ0n) is 20.3.